The van der Waals surface area contributed by atoms with Crippen LogP contribution in [0.5, 0.6) is 17.4 Å². The molecule has 0 atom stereocenters. The number of benzene rings is 2. The van der Waals surface area contributed by atoms with Crippen molar-refractivity contribution in [3.05, 3.63) is 79.5 Å². The molecule has 0 radical (unpaired) electrons. The highest BCUT2D eigenvalue weighted by Gasteiger charge is 2.14. The van der Waals surface area contributed by atoms with Gasteiger partial charge in [-0.3, -0.25) is 10.1 Å². The Balaban J connectivity index is 1.67. The van der Waals surface area contributed by atoms with Gasteiger partial charge in [-0.15, -0.1) is 0 Å². The normalized spacial score (nSPS) is 10.4. The van der Waals surface area contributed by atoms with Crippen LogP contribution >= 0.6 is 22.6 Å². The highest BCUT2D eigenvalue weighted by atomic mass is 127. The summed E-state index contributed by atoms with van der Waals surface area (Å²) in [6.45, 7) is 0.736. The fourth-order valence-electron chi connectivity index (χ4n) is 2.72. The molecule has 1 heterocycles. The van der Waals surface area contributed by atoms with Gasteiger partial charge in [-0.05, 0) is 58.5 Å². The third-order valence-electron chi connectivity index (χ3n) is 4.27. The van der Waals surface area contributed by atoms with Gasteiger partial charge < -0.3 is 19.5 Å². The summed E-state index contributed by atoms with van der Waals surface area (Å²) >= 11 is 2.05. The van der Waals surface area contributed by atoms with E-state index in [1.165, 1.54) is 6.07 Å². The number of halogens is 1. The summed E-state index contributed by atoms with van der Waals surface area (Å²) in [6, 6.07) is 14.3. The second kappa shape index (κ2) is 10.1. The zero-order valence-corrected chi connectivity index (χ0v) is 18.6. The molecule has 8 nitrogen and oxygen atoms in total. The van der Waals surface area contributed by atoms with Crippen molar-refractivity contribution in [2.24, 2.45) is 0 Å². The van der Waals surface area contributed by atoms with Gasteiger partial charge in [0, 0.05) is 34.0 Å². The Morgan fingerprint density at radius 2 is 1.83 bits per heavy atom. The summed E-state index contributed by atoms with van der Waals surface area (Å²) in [7, 11) is 3.13. The number of rotatable bonds is 9. The molecule has 0 amide bonds. The van der Waals surface area contributed by atoms with Crippen molar-refractivity contribution in [3.8, 4) is 17.4 Å². The number of nitrogens with one attached hydrogen (secondary N) is 1. The van der Waals surface area contributed by atoms with E-state index in [0.29, 0.717) is 36.2 Å². The van der Waals surface area contributed by atoms with Gasteiger partial charge in [0.2, 0.25) is 5.88 Å². The predicted molar refractivity (Wildman–Crippen MR) is 121 cm³/mol. The molecule has 0 aliphatic heterocycles. The number of aromatic nitrogens is 1. The first-order valence-corrected chi connectivity index (χ1v) is 10.0. The average Bonchev–Trinajstić information content (AvgIpc) is 2.77. The van der Waals surface area contributed by atoms with Crippen molar-refractivity contribution in [2.45, 2.75) is 13.2 Å². The van der Waals surface area contributed by atoms with Crippen LogP contribution in [0, 0.1) is 13.7 Å². The quantitative estimate of drug-likeness (QED) is 0.246. The third kappa shape index (κ3) is 5.50. The van der Waals surface area contributed by atoms with Crippen molar-refractivity contribution >= 4 is 34.0 Å². The van der Waals surface area contributed by atoms with Crippen LogP contribution in [0.15, 0.2) is 54.7 Å². The molecule has 3 aromatic rings. The Kier molecular flexibility index (Phi) is 7.28. The van der Waals surface area contributed by atoms with Crippen LogP contribution < -0.4 is 19.5 Å². The summed E-state index contributed by atoms with van der Waals surface area (Å²) in [5.74, 6) is 1.71. The van der Waals surface area contributed by atoms with Gasteiger partial charge >= 0.3 is 0 Å². The van der Waals surface area contributed by atoms with E-state index in [-0.39, 0.29) is 5.69 Å². The average molecular weight is 521 g/mol. The van der Waals surface area contributed by atoms with Crippen molar-refractivity contribution in [3.63, 3.8) is 0 Å². The lowest BCUT2D eigenvalue weighted by atomic mass is 10.2. The monoisotopic (exact) mass is 521 g/mol. The Morgan fingerprint density at radius 1 is 1.03 bits per heavy atom. The van der Waals surface area contributed by atoms with Crippen molar-refractivity contribution in [1.29, 1.82) is 0 Å². The van der Waals surface area contributed by atoms with E-state index in [4.69, 9.17) is 14.2 Å². The first-order valence-electron chi connectivity index (χ1n) is 8.96. The van der Waals surface area contributed by atoms with E-state index < -0.39 is 4.92 Å². The molecule has 0 aliphatic rings. The summed E-state index contributed by atoms with van der Waals surface area (Å²) in [5, 5.41) is 14.4. The van der Waals surface area contributed by atoms with E-state index in [9.17, 15) is 10.1 Å². The van der Waals surface area contributed by atoms with Gasteiger partial charge in [0.15, 0.2) is 11.5 Å². The Labute approximate surface area is 187 Å². The number of hydrogen-bond donors (Lipinski definition) is 1. The lowest BCUT2D eigenvalue weighted by Gasteiger charge is -2.13. The lowest BCUT2D eigenvalue weighted by molar-refractivity contribution is -0.384. The van der Waals surface area contributed by atoms with Gasteiger partial charge in [0.25, 0.3) is 5.69 Å². The molecule has 156 valence electrons. The highest BCUT2D eigenvalue weighted by molar-refractivity contribution is 14.1. The van der Waals surface area contributed by atoms with Gasteiger partial charge in [-0.25, -0.2) is 4.98 Å². The summed E-state index contributed by atoms with van der Waals surface area (Å²) in [6.07, 6.45) is 1.69. The number of anilines is 1. The summed E-state index contributed by atoms with van der Waals surface area (Å²) < 4.78 is 17.1. The standard InChI is InChI=1S/C21H20IN3O5/c1-28-20-9-14(11-23-17-6-5-16(22)10-18(17)25(26)27)3-7-19(20)30-13-15-4-8-21(29-2)24-12-15/h3-10,12,23H,11,13H2,1-2H3. The van der Waals surface area contributed by atoms with E-state index >= 15 is 0 Å². The first kappa shape index (κ1) is 21.6. The topological polar surface area (TPSA) is 95.8 Å². The van der Waals surface area contributed by atoms with Crippen LogP contribution in [0.1, 0.15) is 11.1 Å². The molecule has 0 fully saturated rings. The van der Waals surface area contributed by atoms with Crippen LogP contribution in [0.3, 0.4) is 0 Å². The SMILES string of the molecule is COc1ccc(COc2ccc(CNc3ccc(I)cc3[N+](=O)[O-])cc2OC)cn1. The summed E-state index contributed by atoms with van der Waals surface area (Å²) in [4.78, 5) is 15.0. The van der Waals surface area contributed by atoms with Crippen molar-refractivity contribution in [1.82, 2.24) is 4.98 Å². The smallest absolute Gasteiger partial charge is 0.293 e. The second-order valence-electron chi connectivity index (χ2n) is 6.25. The molecule has 0 saturated carbocycles. The van der Waals surface area contributed by atoms with Crippen LogP contribution in [0.25, 0.3) is 0 Å². The largest absolute Gasteiger partial charge is 0.493 e. The number of methoxy groups -OCH3 is 2. The molecular weight excluding hydrogens is 501 g/mol. The van der Waals surface area contributed by atoms with Crippen LogP contribution in [-0.4, -0.2) is 24.1 Å². The fourth-order valence-corrected chi connectivity index (χ4v) is 3.20. The van der Waals surface area contributed by atoms with E-state index in [1.54, 1.807) is 32.5 Å². The maximum Gasteiger partial charge on any atom is 0.293 e. The first-order chi connectivity index (χ1) is 14.5. The van der Waals surface area contributed by atoms with Crippen LogP contribution in [0.2, 0.25) is 0 Å². The minimum absolute atomic E-state index is 0.0434. The predicted octanol–water partition coefficient (Wildman–Crippen LogP) is 4.80. The van der Waals surface area contributed by atoms with Crippen LogP contribution in [-0.2, 0) is 13.2 Å². The maximum atomic E-state index is 11.3. The molecule has 0 saturated heterocycles. The molecule has 0 bridgehead atoms. The number of nitro groups is 1. The molecule has 30 heavy (non-hydrogen) atoms. The maximum absolute atomic E-state index is 11.3. The minimum Gasteiger partial charge on any atom is -0.493 e. The highest BCUT2D eigenvalue weighted by Crippen LogP contribution is 2.30. The van der Waals surface area contributed by atoms with Gasteiger partial charge in [-0.2, -0.15) is 0 Å². The number of nitrogens with zero attached hydrogens (tertiary/aromatic N) is 2. The Morgan fingerprint density at radius 3 is 2.50 bits per heavy atom. The van der Waals surface area contributed by atoms with Gasteiger partial charge in [0.1, 0.15) is 12.3 Å². The van der Waals surface area contributed by atoms with Crippen molar-refractivity contribution in [2.75, 3.05) is 19.5 Å². The number of pyridine rings is 1. The van der Waals surface area contributed by atoms with Gasteiger partial charge in [-0.1, -0.05) is 6.07 Å². The third-order valence-corrected chi connectivity index (χ3v) is 4.94. The number of ether oxygens (including phenoxy) is 3. The molecule has 9 heteroatoms. The second-order valence-corrected chi connectivity index (χ2v) is 7.50. The molecule has 1 aromatic heterocycles. The summed E-state index contributed by atoms with van der Waals surface area (Å²) in [5.41, 5.74) is 2.31. The zero-order valence-electron chi connectivity index (χ0n) is 16.4. The van der Waals surface area contributed by atoms with Crippen LogP contribution in [0.4, 0.5) is 11.4 Å². The van der Waals surface area contributed by atoms with Crippen molar-refractivity contribution < 1.29 is 19.1 Å². The lowest BCUT2D eigenvalue weighted by Crippen LogP contribution is -2.04. The number of hydrogen-bond acceptors (Lipinski definition) is 7. The van der Waals surface area contributed by atoms with E-state index in [0.717, 1.165) is 14.7 Å². The Bertz CT molecular complexity index is 1030. The number of nitro benzene ring substituents is 1. The molecule has 1 N–H and O–H groups in total. The molecular formula is C21H20IN3O5. The molecule has 3 rings (SSSR count). The minimum atomic E-state index is -0.393. The molecule has 2 aromatic carbocycles. The molecule has 0 aliphatic carbocycles. The van der Waals surface area contributed by atoms with Gasteiger partial charge in [0.05, 0.1) is 19.1 Å². The zero-order chi connectivity index (χ0) is 21.5. The fraction of sp³-hybridized carbons (Fsp3) is 0.190. The van der Waals surface area contributed by atoms with E-state index in [2.05, 4.69) is 32.9 Å². The Hall–Kier alpha value is -3.08. The molecule has 0 spiro atoms. The molecule has 0 unspecified atom stereocenters. The van der Waals surface area contributed by atoms with E-state index in [1.807, 2.05) is 30.3 Å².